The van der Waals surface area contributed by atoms with Crippen molar-refractivity contribution in [3.05, 3.63) is 30.3 Å². The van der Waals surface area contributed by atoms with E-state index >= 15 is 0 Å². The van der Waals surface area contributed by atoms with Gasteiger partial charge in [0.25, 0.3) is 0 Å². The zero-order chi connectivity index (χ0) is 16.2. The van der Waals surface area contributed by atoms with Crippen LogP contribution in [0.3, 0.4) is 0 Å². The van der Waals surface area contributed by atoms with Crippen LogP contribution >= 0.6 is 0 Å². The first-order chi connectivity index (χ1) is 10.4. The first kappa shape index (κ1) is 16.5. The lowest BCUT2D eigenvalue weighted by molar-refractivity contribution is -0.121. The lowest BCUT2D eigenvalue weighted by Gasteiger charge is -2.42. The van der Waals surface area contributed by atoms with Crippen LogP contribution in [0.1, 0.15) is 20.3 Å². The number of carbonyl (C=O) groups is 2. The minimum Gasteiger partial charge on any atom is -0.327 e. The number of imide groups is 1. The molecule has 0 spiro atoms. The second-order valence-electron chi connectivity index (χ2n) is 6.46. The Morgan fingerprint density at radius 1 is 1.32 bits per heavy atom. The van der Waals surface area contributed by atoms with Crippen LogP contribution in [0.25, 0.3) is 0 Å². The monoisotopic (exact) mass is 304 g/mol. The molecule has 120 valence electrons. The maximum absolute atomic E-state index is 12.0. The fourth-order valence-corrected chi connectivity index (χ4v) is 2.67. The molecule has 6 nitrogen and oxygen atoms in total. The van der Waals surface area contributed by atoms with Gasteiger partial charge in [0, 0.05) is 24.8 Å². The summed E-state index contributed by atoms with van der Waals surface area (Å²) in [5.74, 6) is -0.306. The van der Waals surface area contributed by atoms with Crippen LogP contribution in [0, 0.1) is 5.41 Å². The molecular weight excluding hydrogens is 280 g/mol. The fourth-order valence-electron chi connectivity index (χ4n) is 2.67. The molecule has 1 unspecified atom stereocenters. The summed E-state index contributed by atoms with van der Waals surface area (Å²) in [6.07, 6.45) is 0.858. The lowest BCUT2D eigenvalue weighted by atomic mass is 9.80. The highest BCUT2D eigenvalue weighted by molar-refractivity contribution is 6.01. The highest BCUT2D eigenvalue weighted by Crippen LogP contribution is 2.27. The minimum atomic E-state index is -0.510. The molecule has 0 bridgehead atoms. The number of amides is 3. The largest absolute Gasteiger partial charge is 0.327 e. The molecule has 22 heavy (non-hydrogen) atoms. The number of hydrogen-bond acceptors (Lipinski definition) is 4. The van der Waals surface area contributed by atoms with Gasteiger partial charge in [-0.05, 0) is 24.0 Å². The zero-order valence-corrected chi connectivity index (χ0v) is 13.1. The molecule has 2 rings (SSSR count). The molecule has 6 heteroatoms. The normalized spacial score (nSPS) is 21.1. The maximum atomic E-state index is 12.0. The van der Waals surface area contributed by atoms with Crippen molar-refractivity contribution in [2.24, 2.45) is 11.1 Å². The van der Waals surface area contributed by atoms with Crippen molar-refractivity contribution in [2.75, 3.05) is 25.0 Å². The summed E-state index contributed by atoms with van der Waals surface area (Å²) in [6, 6.07) is 8.65. The van der Waals surface area contributed by atoms with Gasteiger partial charge in [-0.25, -0.2) is 4.79 Å². The number of likely N-dealkylation sites (tertiary alicyclic amines) is 1. The Balaban J connectivity index is 1.79. The molecule has 1 aliphatic rings. The van der Waals surface area contributed by atoms with Crippen LogP contribution in [0.15, 0.2) is 30.3 Å². The third kappa shape index (κ3) is 4.54. The van der Waals surface area contributed by atoms with Crippen LogP contribution in [0.5, 0.6) is 0 Å². The molecule has 3 amide bonds. The number of urea groups is 1. The van der Waals surface area contributed by atoms with E-state index in [4.69, 9.17) is 5.73 Å². The number of nitrogens with two attached hydrogens (primary N) is 1. The second-order valence-corrected chi connectivity index (χ2v) is 6.46. The van der Waals surface area contributed by atoms with Crippen LogP contribution in [-0.2, 0) is 4.79 Å². The standard InChI is InChI=1S/C16H24N4O2/c1-16(2)11-20(9-8-13(16)17)10-14(21)19-15(22)18-12-6-4-3-5-7-12/h3-7,13H,8-11,17H2,1-2H3,(H2,18,19,21,22). The van der Waals surface area contributed by atoms with Gasteiger partial charge in [-0.3, -0.25) is 15.0 Å². The summed E-state index contributed by atoms with van der Waals surface area (Å²) >= 11 is 0. The summed E-state index contributed by atoms with van der Waals surface area (Å²) in [6.45, 7) is 5.94. The van der Waals surface area contributed by atoms with Gasteiger partial charge in [0.15, 0.2) is 0 Å². The van der Waals surface area contributed by atoms with Gasteiger partial charge < -0.3 is 11.1 Å². The molecule has 1 heterocycles. The van der Waals surface area contributed by atoms with Gasteiger partial charge in [0.2, 0.25) is 5.91 Å². The Kier molecular flexibility index (Phi) is 5.15. The molecule has 1 aromatic rings. The lowest BCUT2D eigenvalue weighted by Crippen LogP contribution is -2.54. The SMILES string of the molecule is CC1(C)CN(CC(=O)NC(=O)Nc2ccccc2)CCC1N. The van der Waals surface area contributed by atoms with Crippen LogP contribution in [0.4, 0.5) is 10.5 Å². The molecule has 1 saturated heterocycles. The number of para-hydroxylation sites is 1. The van der Waals surface area contributed by atoms with E-state index in [0.717, 1.165) is 19.5 Å². The topological polar surface area (TPSA) is 87.5 Å². The summed E-state index contributed by atoms with van der Waals surface area (Å²) in [5, 5.41) is 4.98. The van der Waals surface area contributed by atoms with Crippen LogP contribution in [-0.4, -0.2) is 42.5 Å². The first-order valence-electron chi connectivity index (χ1n) is 7.50. The van der Waals surface area contributed by atoms with Gasteiger partial charge in [0.05, 0.1) is 6.54 Å². The number of benzene rings is 1. The number of nitrogens with one attached hydrogen (secondary N) is 2. The molecule has 0 saturated carbocycles. The summed E-state index contributed by atoms with van der Waals surface area (Å²) in [4.78, 5) is 25.8. The Morgan fingerprint density at radius 2 is 2.00 bits per heavy atom. The summed E-state index contributed by atoms with van der Waals surface area (Å²) in [5.41, 5.74) is 6.71. The molecule has 4 N–H and O–H groups in total. The third-order valence-corrected chi connectivity index (χ3v) is 4.04. The first-order valence-corrected chi connectivity index (χ1v) is 7.50. The molecule has 1 atom stereocenters. The average molecular weight is 304 g/mol. The highest BCUT2D eigenvalue weighted by atomic mass is 16.2. The predicted molar refractivity (Wildman–Crippen MR) is 86.4 cm³/mol. The molecule has 1 fully saturated rings. The van der Waals surface area contributed by atoms with E-state index < -0.39 is 6.03 Å². The van der Waals surface area contributed by atoms with E-state index in [0.29, 0.717) is 5.69 Å². The Hall–Kier alpha value is -1.92. The van der Waals surface area contributed by atoms with E-state index in [1.165, 1.54) is 0 Å². The van der Waals surface area contributed by atoms with Gasteiger partial charge in [0.1, 0.15) is 0 Å². The van der Waals surface area contributed by atoms with E-state index in [-0.39, 0.29) is 23.9 Å². The van der Waals surface area contributed by atoms with Crippen molar-refractivity contribution in [1.29, 1.82) is 0 Å². The number of hydrogen-bond donors (Lipinski definition) is 3. The highest BCUT2D eigenvalue weighted by Gasteiger charge is 2.33. The van der Waals surface area contributed by atoms with Gasteiger partial charge in [-0.1, -0.05) is 32.0 Å². The number of rotatable bonds is 3. The Labute approximate surface area is 131 Å². The van der Waals surface area contributed by atoms with Crippen LogP contribution in [0.2, 0.25) is 0 Å². The Bertz CT molecular complexity index is 530. The number of nitrogens with zero attached hydrogens (tertiary/aromatic N) is 1. The Morgan fingerprint density at radius 3 is 2.64 bits per heavy atom. The van der Waals surface area contributed by atoms with E-state index in [9.17, 15) is 9.59 Å². The van der Waals surface area contributed by atoms with Gasteiger partial charge >= 0.3 is 6.03 Å². The zero-order valence-electron chi connectivity index (χ0n) is 13.1. The number of piperidine rings is 1. The quantitative estimate of drug-likeness (QED) is 0.787. The number of anilines is 1. The van der Waals surface area contributed by atoms with E-state index in [2.05, 4.69) is 24.5 Å². The molecular formula is C16H24N4O2. The van der Waals surface area contributed by atoms with Gasteiger partial charge in [-0.15, -0.1) is 0 Å². The van der Waals surface area contributed by atoms with Crippen molar-refractivity contribution in [3.63, 3.8) is 0 Å². The van der Waals surface area contributed by atoms with Crippen molar-refractivity contribution >= 4 is 17.6 Å². The van der Waals surface area contributed by atoms with Crippen molar-refractivity contribution in [1.82, 2.24) is 10.2 Å². The molecule has 0 aromatic heterocycles. The smallest absolute Gasteiger partial charge is 0.325 e. The van der Waals surface area contributed by atoms with Gasteiger partial charge in [-0.2, -0.15) is 0 Å². The third-order valence-electron chi connectivity index (χ3n) is 4.04. The molecule has 0 radical (unpaired) electrons. The summed E-state index contributed by atoms with van der Waals surface area (Å²) < 4.78 is 0. The van der Waals surface area contributed by atoms with E-state index in [1.807, 2.05) is 23.1 Å². The predicted octanol–water partition coefficient (Wildman–Crippen LogP) is 1.39. The van der Waals surface area contributed by atoms with Crippen molar-refractivity contribution in [2.45, 2.75) is 26.3 Å². The molecule has 1 aromatic carbocycles. The second kappa shape index (κ2) is 6.89. The van der Waals surface area contributed by atoms with Crippen molar-refractivity contribution < 1.29 is 9.59 Å². The summed E-state index contributed by atoms with van der Waals surface area (Å²) in [7, 11) is 0. The number of carbonyl (C=O) groups excluding carboxylic acids is 2. The fraction of sp³-hybridized carbons (Fsp3) is 0.500. The van der Waals surface area contributed by atoms with Crippen molar-refractivity contribution in [3.8, 4) is 0 Å². The minimum absolute atomic E-state index is 0.0230. The maximum Gasteiger partial charge on any atom is 0.325 e. The molecule has 1 aliphatic heterocycles. The van der Waals surface area contributed by atoms with E-state index in [1.54, 1.807) is 12.1 Å². The molecule has 0 aliphatic carbocycles. The van der Waals surface area contributed by atoms with Crippen LogP contribution < -0.4 is 16.4 Å². The average Bonchev–Trinajstić information content (AvgIpc) is 2.43.